The zero-order valence-electron chi connectivity index (χ0n) is 13.4. The summed E-state index contributed by atoms with van der Waals surface area (Å²) in [5.41, 5.74) is -0.301. The lowest BCUT2D eigenvalue weighted by Crippen LogP contribution is -2.36. The normalized spacial score (nSPS) is 20.3. The molecule has 2 aromatic rings. The van der Waals surface area contributed by atoms with Crippen molar-refractivity contribution in [2.75, 3.05) is 17.2 Å². The Morgan fingerprint density at radius 3 is 2.78 bits per heavy atom. The average molecular weight is 332 g/mol. The fraction of sp³-hybridized carbons (Fsp3) is 0.438. The fourth-order valence-electron chi connectivity index (χ4n) is 2.50. The maximum atomic E-state index is 12.1. The van der Waals surface area contributed by atoms with Gasteiger partial charge in [-0.05, 0) is 6.07 Å². The zero-order chi connectivity index (χ0) is 16.7. The minimum atomic E-state index is -1.50. The summed E-state index contributed by atoms with van der Waals surface area (Å²) < 4.78 is 4.33. The summed E-state index contributed by atoms with van der Waals surface area (Å²) in [7, 11) is 0. The number of amides is 1. The van der Waals surface area contributed by atoms with Gasteiger partial charge in [0.15, 0.2) is 5.60 Å². The number of para-hydroxylation sites is 1. The third-order valence-corrected chi connectivity index (χ3v) is 4.53. The van der Waals surface area contributed by atoms with Crippen molar-refractivity contribution in [1.29, 1.82) is 0 Å². The Bertz CT molecular complexity index is 738. The number of aromatic nitrogens is 2. The summed E-state index contributed by atoms with van der Waals surface area (Å²) in [6.07, 6.45) is 0.264. The molecule has 0 aliphatic carbocycles. The van der Waals surface area contributed by atoms with Crippen LogP contribution in [0.1, 0.15) is 38.6 Å². The number of hydrogen-bond acceptors (Lipinski definition) is 6. The first-order chi connectivity index (χ1) is 10.8. The van der Waals surface area contributed by atoms with E-state index in [0.717, 1.165) is 5.82 Å². The quantitative estimate of drug-likeness (QED) is 0.801. The molecule has 7 heteroatoms. The summed E-state index contributed by atoms with van der Waals surface area (Å²) in [5, 5.41) is 17.3. The Morgan fingerprint density at radius 2 is 2.09 bits per heavy atom. The van der Waals surface area contributed by atoms with Gasteiger partial charge < -0.3 is 15.7 Å². The van der Waals surface area contributed by atoms with Gasteiger partial charge in [-0.15, -0.1) is 0 Å². The molecule has 2 heterocycles. The fourth-order valence-corrected chi connectivity index (χ4v) is 3.28. The Hall–Kier alpha value is -1.99. The van der Waals surface area contributed by atoms with E-state index in [1.165, 1.54) is 11.5 Å². The number of hydrogen-bond donors (Lipinski definition) is 3. The van der Waals surface area contributed by atoms with Crippen molar-refractivity contribution in [3.63, 3.8) is 0 Å². The van der Waals surface area contributed by atoms with Gasteiger partial charge >= 0.3 is 0 Å². The lowest BCUT2D eigenvalue weighted by Gasteiger charge is -2.20. The Labute approximate surface area is 139 Å². The highest BCUT2D eigenvalue weighted by molar-refractivity contribution is 7.09. The number of nitrogens with one attached hydrogen (secondary N) is 2. The number of fused-ring (bicyclic) bond motifs is 1. The Balaban J connectivity index is 1.67. The van der Waals surface area contributed by atoms with Gasteiger partial charge in [0.05, 0.1) is 0 Å². The molecule has 1 atom stereocenters. The predicted octanol–water partition coefficient (Wildman–Crippen LogP) is 2.48. The summed E-state index contributed by atoms with van der Waals surface area (Å²) >= 11 is 1.29. The smallest absolute Gasteiger partial charge is 0.261 e. The molecule has 0 fully saturated rings. The van der Waals surface area contributed by atoms with E-state index >= 15 is 0 Å². The molecule has 23 heavy (non-hydrogen) atoms. The van der Waals surface area contributed by atoms with Crippen LogP contribution in [0.5, 0.6) is 0 Å². The van der Waals surface area contributed by atoms with Gasteiger partial charge in [0.25, 0.3) is 5.91 Å². The van der Waals surface area contributed by atoms with E-state index < -0.39 is 5.60 Å². The van der Waals surface area contributed by atoms with E-state index in [0.29, 0.717) is 22.9 Å². The monoisotopic (exact) mass is 332 g/mol. The van der Waals surface area contributed by atoms with E-state index in [1.54, 1.807) is 12.1 Å². The zero-order valence-corrected chi connectivity index (χ0v) is 14.2. The molecule has 1 aromatic heterocycles. The van der Waals surface area contributed by atoms with Gasteiger partial charge in [-0.2, -0.15) is 4.37 Å². The van der Waals surface area contributed by atoms with Crippen LogP contribution in [0.2, 0.25) is 0 Å². The number of nitrogens with zero attached hydrogens (tertiary/aromatic N) is 2. The molecule has 0 saturated heterocycles. The van der Waals surface area contributed by atoms with Crippen LogP contribution >= 0.6 is 11.5 Å². The number of carbonyl (C=O) groups excluding carboxylic acids is 1. The summed E-state index contributed by atoms with van der Waals surface area (Å²) in [6.45, 7) is 6.60. The second-order valence-electron chi connectivity index (χ2n) is 6.71. The van der Waals surface area contributed by atoms with E-state index in [1.807, 2.05) is 12.1 Å². The van der Waals surface area contributed by atoms with Gasteiger partial charge in [-0.25, -0.2) is 4.98 Å². The van der Waals surface area contributed by atoms with E-state index in [-0.39, 0.29) is 17.7 Å². The predicted molar refractivity (Wildman–Crippen MR) is 90.7 cm³/mol. The summed E-state index contributed by atoms with van der Waals surface area (Å²) in [6, 6.07) is 7.21. The van der Waals surface area contributed by atoms with E-state index in [9.17, 15) is 9.90 Å². The molecule has 0 radical (unpaired) electrons. The highest BCUT2D eigenvalue weighted by Crippen LogP contribution is 2.38. The van der Waals surface area contributed by atoms with Crippen LogP contribution in [-0.4, -0.2) is 26.9 Å². The molecular formula is C16H20N4O2S. The molecule has 3 N–H and O–H groups in total. The topological polar surface area (TPSA) is 87.1 Å². The van der Waals surface area contributed by atoms with Crippen molar-refractivity contribution >= 4 is 28.3 Å². The molecule has 1 amide bonds. The molecule has 0 bridgehead atoms. The highest BCUT2D eigenvalue weighted by Gasteiger charge is 2.44. The van der Waals surface area contributed by atoms with Crippen molar-refractivity contribution in [2.45, 2.75) is 38.2 Å². The molecule has 3 rings (SSSR count). The third-order valence-electron chi connectivity index (χ3n) is 3.86. The molecule has 1 aromatic carbocycles. The lowest BCUT2D eigenvalue weighted by atomic mass is 9.92. The lowest BCUT2D eigenvalue weighted by molar-refractivity contribution is -0.134. The maximum Gasteiger partial charge on any atom is 0.261 e. The van der Waals surface area contributed by atoms with Crippen LogP contribution in [0.15, 0.2) is 24.3 Å². The standard InChI is InChI=1S/C16H20N4O2S/c1-15(2,3)12-19-14(23-20-12)17-9-8-16(22)10-6-4-5-7-11(10)18-13(16)21/h4-7,22H,8-9H2,1-3H3,(H,18,21)(H,17,19,20). The molecular weight excluding hydrogens is 312 g/mol. The van der Waals surface area contributed by atoms with Gasteiger partial charge in [0.2, 0.25) is 5.13 Å². The minimum absolute atomic E-state index is 0.0983. The molecule has 6 nitrogen and oxygen atoms in total. The van der Waals surface area contributed by atoms with Crippen molar-refractivity contribution in [3.05, 3.63) is 35.7 Å². The van der Waals surface area contributed by atoms with Crippen LogP contribution in [0, 0.1) is 0 Å². The number of benzene rings is 1. The second kappa shape index (κ2) is 5.58. The van der Waals surface area contributed by atoms with E-state index in [4.69, 9.17) is 0 Å². The van der Waals surface area contributed by atoms with Crippen molar-refractivity contribution in [1.82, 2.24) is 9.36 Å². The molecule has 122 valence electrons. The SMILES string of the molecule is CC(C)(C)c1nsc(NCCC2(O)C(=O)Nc3ccccc32)n1. The maximum absolute atomic E-state index is 12.1. The number of rotatable bonds is 4. The van der Waals surface area contributed by atoms with Gasteiger partial charge in [-0.3, -0.25) is 4.79 Å². The van der Waals surface area contributed by atoms with Crippen LogP contribution < -0.4 is 10.6 Å². The number of carbonyl (C=O) groups is 1. The van der Waals surface area contributed by atoms with Crippen LogP contribution in [-0.2, 0) is 15.8 Å². The van der Waals surface area contributed by atoms with Gasteiger partial charge in [-0.1, -0.05) is 39.0 Å². The van der Waals surface area contributed by atoms with Crippen molar-refractivity contribution in [2.24, 2.45) is 0 Å². The molecule has 1 aliphatic rings. The molecule has 1 aliphatic heterocycles. The van der Waals surface area contributed by atoms with Crippen molar-refractivity contribution in [3.8, 4) is 0 Å². The summed E-state index contributed by atoms with van der Waals surface area (Å²) in [5.74, 6) is 0.404. The largest absolute Gasteiger partial charge is 0.375 e. The Kier molecular flexibility index (Phi) is 3.85. The van der Waals surface area contributed by atoms with Gasteiger partial charge in [0.1, 0.15) is 5.82 Å². The van der Waals surface area contributed by atoms with Crippen molar-refractivity contribution < 1.29 is 9.90 Å². The molecule has 0 spiro atoms. The number of anilines is 2. The van der Waals surface area contributed by atoms with Gasteiger partial charge in [0, 0.05) is 41.2 Å². The molecule has 0 saturated carbocycles. The second-order valence-corrected chi connectivity index (χ2v) is 7.46. The van der Waals surface area contributed by atoms with Crippen LogP contribution in [0.4, 0.5) is 10.8 Å². The first-order valence-electron chi connectivity index (χ1n) is 7.52. The first-order valence-corrected chi connectivity index (χ1v) is 8.29. The van der Waals surface area contributed by atoms with Crippen LogP contribution in [0.3, 0.4) is 0 Å². The molecule has 1 unspecified atom stereocenters. The highest BCUT2D eigenvalue weighted by atomic mass is 32.1. The Morgan fingerprint density at radius 1 is 1.35 bits per heavy atom. The average Bonchev–Trinajstić information content (AvgIpc) is 3.04. The number of aliphatic hydroxyl groups is 1. The minimum Gasteiger partial charge on any atom is -0.375 e. The first kappa shape index (κ1) is 15.9. The van der Waals surface area contributed by atoms with E-state index in [2.05, 4.69) is 40.8 Å². The summed E-state index contributed by atoms with van der Waals surface area (Å²) in [4.78, 5) is 16.6. The third kappa shape index (κ3) is 2.94. The van der Waals surface area contributed by atoms with Crippen LogP contribution in [0.25, 0.3) is 0 Å².